The molecule has 3 aromatic rings. The maximum Gasteiger partial charge on any atom is 0.417 e. The number of nitro benzene ring substituents is 1. The lowest BCUT2D eigenvalue weighted by Gasteiger charge is -2.52. The van der Waals surface area contributed by atoms with Crippen molar-refractivity contribution in [3.8, 4) is 16.2 Å². The van der Waals surface area contributed by atoms with Crippen LogP contribution in [-0.2, 0) is 21.1 Å². The van der Waals surface area contributed by atoms with Crippen LogP contribution in [0, 0.1) is 10.1 Å². The van der Waals surface area contributed by atoms with Gasteiger partial charge < -0.3 is 14.8 Å². The smallest absolute Gasteiger partial charge is 0.417 e. The van der Waals surface area contributed by atoms with Crippen molar-refractivity contribution in [2.45, 2.75) is 101 Å². The van der Waals surface area contributed by atoms with Crippen molar-refractivity contribution in [2.24, 2.45) is 0 Å². The number of anilines is 1. The van der Waals surface area contributed by atoms with E-state index in [0.29, 0.717) is 10.6 Å². The molecular formula is C32H39N5O7S2. The van der Waals surface area contributed by atoms with E-state index in [1.54, 1.807) is 23.5 Å². The molecule has 246 valence electrons. The Labute approximate surface area is 274 Å². The summed E-state index contributed by atoms with van der Waals surface area (Å²) in [6, 6.07) is 10.3. The van der Waals surface area contributed by atoms with E-state index in [9.17, 15) is 23.9 Å². The molecule has 1 unspecified atom stereocenters. The summed E-state index contributed by atoms with van der Waals surface area (Å²) >= 11 is 1.59. The van der Waals surface area contributed by atoms with Crippen LogP contribution < -0.4 is 20.1 Å². The van der Waals surface area contributed by atoms with Gasteiger partial charge in [-0.2, -0.15) is 0 Å². The number of alkyl carbamates (subject to hydrolysis) is 1. The van der Waals surface area contributed by atoms with E-state index in [1.807, 2.05) is 46.9 Å². The number of rotatable bonds is 9. The Kier molecular flexibility index (Phi) is 9.52. The molecule has 2 amide bonds. The van der Waals surface area contributed by atoms with Crippen LogP contribution in [-0.4, -0.2) is 43.5 Å². The second-order valence-electron chi connectivity index (χ2n) is 13.3. The van der Waals surface area contributed by atoms with Gasteiger partial charge in [-0.25, -0.2) is 23.5 Å². The maximum atomic E-state index is 13.6. The first-order valence-electron chi connectivity index (χ1n) is 15.2. The van der Waals surface area contributed by atoms with Crippen LogP contribution in [0.4, 0.5) is 21.0 Å². The number of carbonyl (C=O) groups excluding carboxylic acids is 2. The maximum absolute atomic E-state index is 13.6. The summed E-state index contributed by atoms with van der Waals surface area (Å²) in [6.45, 7) is 9.44. The molecule has 0 saturated heterocycles. The van der Waals surface area contributed by atoms with Crippen LogP contribution in [0.3, 0.4) is 0 Å². The van der Waals surface area contributed by atoms with Crippen LogP contribution in [0.2, 0.25) is 0 Å². The number of carbonyl (C=O) groups is 2. The minimum atomic E-state index is -1.63. The van der Waals surface area contributed by atoms with Crippen molar-refractivity contribution in [3.05, 3.63) is 63.8 Å². The number of hydrogen-bond acceptors (Lipinski definition) is 9. The van der Waals surface area contributed by atoms with Gasteiger partial charge in [0, 0.05) is 46.1 Å². The Morgan fingerprint density at radius 3 is 2.26 bits per heavy atom. The molecular weight excluding hydrogens is 631 g/mol. The quantitative estimate of drug-likeness (QED) is 0.159. The van der Waals surface area contributed by atoms with Gasteiger partial charge in [-0.3, -0.25) is 15.4 Å². The fourth-order valence-corrected chi connectivity index (χ4v) is 8.55. The van der Waals surface area contributed by atoms with Gasteiger partial charge in [0.05, 0.1) is 25.8 Å². The van der Waals surface area contributed by atoms with E-state index in [4.69, 9.17) is 14.5 Å². The lowest BCUT2D eigenvalue weighted by molar-refractivity contribution is -0.384. The molecule has 14 heteroatoms. The number of hydrogen-bond donors (Lipinski definition) is 3. The van der Waals surface area contributed by atoms with Crippen LogP contribution in [0.15, 0.2) is 53.6 Å². The molecule has 0 radical (unpaired) electrons. The molecule has 3 fully saturated rings. The Morgan fingerprint density at radius 2 is 1.67 bits per heavy atom. The molecule has 2 aromatic carbocycles. The third-order valence-electron chi connectivity index (χ3n) is 8.27. The number of nitrogens with one attached hydrogen (secondary N) is 3. The molecule has 3 N–H and O–H groups in total. The molecule has 12 nitrogen and oxygen atoms in total. The second-order valence-corrected chi connectivity index (χ2v) is 15.5. The lowest BCUT2D eigenvalue weighted by Crippen LogP contribution is -2.58. The number of benzene rings is 2. The summed E-state index contributed by atoms with van der Waals surface area (Å²) in [5.74, 6) is 0.142. The number of nitrogens with zero attached hydrogens (tertiary/aromatic N) is 2. The van der Waals surface area contributed by atoms with E-state index < -0.39 is 27.5 Å². The summed E-state index contributed by atoms with van der Waals surface area (Å²) < 4.78 is 27.4. The van der Waals surface area contributed by atoms with Crippen LogP contribution in [0.25, 0.3) is 10.4 Å². The third-order valence-corrected chi connectivity index (χ3v) is 11.1. The van der Waals surface area contributed by atoms with Gasteiger partial charge in [0.25, 0.3) is 5.69 Å². The standard InChI is InChI=1S/C32H39N5O7S2/c1-20(2)43-29(39)35-32-15-12-31(13-16-32,14-17-32)27-33-19-25(45-27)24-11-6-21(18-26(24)46(42)36-30(3,4)5)34-28(38)44-23-9-7-22(8-10-23)37(40)41/h6-11,18-20,36H,12-17H2,1-5H3,(H,34,38)(H,35,39). The predicted molar refractivity (Wildman–Crippen MR) is 176 cm³/mol. The number of aromatic nitrogens is 1. The average Bonchev–Trinajstić information content (AvgIpc) is 3.48. The van der Waals surface area contributed by atoms with E-state index in [0.717, 1.165) is 54.0 Å². The van der Waals surface area contributed by atoms with Crippen molar-refractivity contribution >= 4 is 45.9 Å². The van der Waals surface area contributed by atoms with Gasteiger partial charge in [-0.15, -0.1) is 11.3 Å². The normalized spacial score (nSPS) is 21.4. The van der Waals surface area contributed by atoms with Gasteiger partial charge >= 0.3 is 12.2 Å². The molecule has 0 spiro atoms. The molecule has 0 aliphatic heterocycles. The van der Waals surface area contributed by atoms with Gasteiger partial charge in [-0.1, -0.05) is 6.07 Å². The first kappa shape index (κ1) is 33.5. The van der Waals surface area contributed by atoms with E-state index >= 15 is 0 Å². The number of nitro groups is 1. The minimum absolute atomic E-state index is 0.0691. The van der Waals surface area contributed by atoms with Crippen molar-refractivity contribution in [1.29, 1.82) is 0 Å². The van der Waals surface area contributed by atoms with E-state index in [-0.39, 0.29) is 34.6 Å². The number of fused-ring (bicyclic) bond motifs is 3. The summed E-state index contributed by atoms with van der Waals surface area (Å²) in [7, 11) is -1.63. The number of amides is 2. The summed E-state index contributed by atoms with van der Waals surface area (Å²) in [5, 5.41) is 17.7. The zero-order valence-electron chi connectivity index (χ0n) is 26.5. The molecule has 3 aliphatic carbocycles. The molecule has 46 heavy (non-hydrogen) atoms. The van der Waals surface area contributed by atoms with E-state index in [2.05, 4.69) is 15.4 Å². The molecule has 1 aromatic heterocycles. The van der Waals surface area contributed by atoms with Crippen molar-refractivity contribution in [2.75, 3.05) is 5.32 Å². The molecule has 2 bridgehead atoms. The molecule has 1 heterocycles. The zero-order valence-corrected chi connectivity index (χ0v) is 28.1. The zero-order chi connectivity index (χ0) is 33.3. The third kappa shape index (κ3) is 7.73. The highest BCUT2D eigenvalue weighted by Gasteiger charge is 2.51. The Morgan fingerprint density at radius 1 is 1.02 bits per heavy atom. The van der Waals surface area contributed by atoms with Crippen molar-refractivity contribution in [1.82, 2.24) is 15.0 Å². The molecule has 1 atom stereocenters. The Bertz CT molecular complexity index is 1620. The van der Waals surface area contributed by atoms with Crippen LogP contribution in [0.5, 0.6) is 5.75 Å². The Balaban J connectivity index is 1.34. The largest absolute Gasteiger partial charge is 0.447 e. The first-order chi connectivity index (χ1) is 21.7. The fraction of sp³-hybridized carbons (Fsp3) is 0.469. The van der Waals surface area contributed by atoms with Gasteiger partial charge in [0.2, 0.25) is 0 Å². The monoisotopic (exact) mass is 669 g/mol. The summed E-state index contributed by atoms with van der Waals surface area (Å²) in [4.78, 5) is 41.6. The lowest BCUT2D eigenvalue weighted by atomic mass is 9.57. The van der Waals surface area contributed by atoms with Crippen molar-refractivity contribution in [3.63, 3.8) is 0 Å². The number of ether oxygens (including phenoxy) is 2. The SMILES string of the molecule is CC(C)OC(=O)NC12CCC(c3ncc(-c4ccc(NC(=O)Oc5ccc([N+](=O)[O-])cc5)cc4S(=O)NC(C)(C)C)s3)(CC1)CC2. The van der Waals surface area contributed by atoms with Crippen LogP contribution >= 0.6 is 11.3 Å². The topological polar surface area (TPSA) is 162 Å². The average molecular weight is 670 g/mol. The van der Waals surface area contributed by atoms with Gasteiger partial charge in [0.15, 0.2) is 0 Å². The van der Waals surface area contributed by atoms with E-state index in [1.165, 1.54) is 24.3 Å². The first-order valence-corrected chi connectivity index (χ1v) is 17.2. The van der Waals surface area contributed by atoms with Crippen LogP contribution in [0.1, 0.15) is 78.2 Å². The predicted octanol–water partition coefficient (Wildman–Crippen LogP) is 7.22. The van der Waals surface area contributed by atoms with Crippen molar-refractivity contribution < 1.29 is 28.2 Å². The number of thiazole rings is 1. The summed E-state index contributed by atoms with van der Waals surface area (Å²) in [5.41, 5.74) is 0.235. The highest BCUT2D eigenvalue weighted by Crippen LogP contribution is 2.55. The molecule has 3 saturated carbocycles. The molecule has 6 rings (SSSR count). The highest BCUT2D eigenvalue weighted by molar-refractivity contribution is 7.83. The van der Waals surface area contributed by atoms with Gasteiger partial charge in [-0.05, 0) is 97.4 Å². The molecule has 3 aliphatic rings. The Hall–Kier alpha value is -3.88. The minimum Gasteiger partial charge on any atom is -0.447 e. The second kappa shape index (κ2) is 13.1. The summed E-state index contributed by atoms with van der Waals surface area (Å²) in [6.07, 6.45) is 5.80. The number of non-ortho nitro benzene ring substituents is 1. The fourth-order valence-electron chi connectivity index (χ4n) is 5.97. The highest BCUT2D eigenvalue weighted by atomic mass is 32.2. The van der Waals surface area contributed by atoms with Gasteiger partial charge in [0.1, 0.15) is 16.7 Å².